The minimum Gasteiger partial charge on any atom is -0.480 e. The highest BCUT2D eigenvalue weighted by Crippen LogP contribution is 2.03. The first-order valence-electron chi connectivity index (χ1n) is 5.77. The van der Waals surface area contributed by atoms with Gasteiger partial charge in [-0.1, -0.05) is 19.8 Å². The van der Waals surface area contributed by atoms with E-state index in [-0.39, 0.29) is 11.1 Å². The van der Waals surface area contributed by atoms with E-state index in [0.29, 0.717) is 6.42 Å². The van der Waals surface area contributed by atoms with Crippen molar-refractivity contribution < 1.29 is 14.7 Å². The number of nitrogens with one attached hydrogen (secondary N) is 2. The lowest BCUT2D eigenvalue weighted by Gasteiger charge is -2.13. The first kappa shape index (κ1) is 14.0. The lowest BCUT2D eigenvalue weighted by Crippen LogP contribution is -2.40. The molecule has 1 amide bonds. The molecule has 18 heavy (non-hydrogen) atoms. The van der Waals surface area contributed by atoms with E-state index in [1.54, 1.807) is 0 Å². The number of hydrogen-bond donors (Lipinski definition) is 3. The van der Waals surface area contributed by atoms with Gasteiger partial charge in [-0.25, -0.2) is 4.79 Å². The normalized spacial score (nSPS) is 11.8. The van der Waals surface area contributed by atoms with Gasteiger partial charge in [-0.15, -0.1) is 0 Å². The highest BCUT2D eigenvalue weighted by molar-refractivity contribution is 5.96. The van der Waals surface area contributed by atoms with E-state index in [2.05, 4.69) is 10.3 Å². The zero-order valence-corrected chi connectivity index (χ0v) is 10.1. The standard InChI is InChI=1S/C12H16N2O4/c1-2-3-4-9(12(17)18)14-11(16)8-5-6-10(15)13-7-8/h5-7,9H,2-4H2,1H3,(H,13,15)(H,14,16)(H,17,18)/t9-/m0/s1. The third kappa shape index (κ3) is 4.04. The number of unbranched alkanes of at least 4 members (excludes halogenated alkanes) is 1. The van der Waals surface area contributed by atoms with Gasteiger partial charge in [-0.2, -0.15) is 0 Å². The van der Waals surface area contributed by atoms with Gasteiger partial charge < -0.3 is 15.4 Å². The summed E-state index contributed by atoms with van der Waals surface area (Å²) in [7, 11) is 0. The predicted octanol–water partition coefficient (Wildman–Crippen LogP) is 0.748. The third-order valence-corrected chi connectivity index (χ3v) is 2.50. The predicted molar refractivity (Wildman–Crippen MR) is 65.5 cm³/mol. The van der Waals surface area contributed by atoms with E-state index in [1.807, 2.05) is 6.92 Å². The highest BCUT2D eigenvalue weighted by Gasteiger charge is 2.19. The maximum atomic E-state index is 11.7. The van der Waals surface area contributed by atoms with E-state index in [1.165, 1.54) is 18.3 Å². The molecule has 0 spiro atoms. The number of carbonyl (C=O) groups excluding carboxylic acids is 1. The van der Waals surface area contributed by atoms with Crippen LogP contribution in [-0.2, 0) is 4.79 Å². The summed E-state index contributed by atoms with van der Waals surface area (Å²) in [6.45, 7) is 1.95. The van der Waals surface area contributed by atoms with Crippen LogP contribution in [-0.4, -0.2) is 28.0 Å². The third-order valence-electron chi connectivity index (χ3n) is 2.50. The fraction of sp³-hybridized carbons (Fsp3) is 0.417. The number of aromatic nitrogens is 1. The number of rotatable bonds is 6. The summed E-state index contributed by atoms with van der Waals surface area (Å²) in [4.78, 5) is 35.9. The molecule has 3 N–H and O–H groups in total. The van der Waals surface area contributed by atoms with Gasteiger partial charge in [-0.05, 0) is 12.5 Å². The zero-order chi connectivity index (χ0) is 13.5. The summed E-state index contributed by atoms with van der Waals surface area (Å²) in [6, 6.07) is 1.67. The number of aromatic amines is 1. The molecule has 0 saturated heterocycles. The number of amides is 1. The van der Waals surface area contributed by atoms with Crippen LogP contribution in [0.1, 0.15) is 36.5 Å². The second kappa shape index (κ2) is 6.58. The summed E-state index contributed by atoms with van der Waals surface area (Å²) < 4.78 is 0. The van der Waals surface area contributed by atoms with Gasteiger partial charge in [0.15, 0.2) is 0 Å². The Morgan fingerprint density at radius 1 is 1.44 bits per heavy atom. The molecule has 0 radical (unpaired) electrons. The van der Waals surface area contributed by atoms with Crippen LogP contribution in [0.15, 0.2) is 23.1 Å². The van der Waals surface area contributed by atoms with Gasteiger partial charge in [0.05, 0.1) is 5.56 Å². The van der Waals surface area contributed by atoms with Crippen molar-refractivity contribution in [2.24, 2.45) is 0 Å². The molecule has 98 valence electrons. The molecule has 6 heteroatoms. The molecule has 0 unspecified atom stereocenters. The quantitative estimate of drug-likeness (QED) is 0.695. The summed E-state index contributed by atoms with van der Waals surface area (Å²) in [6.07, 6.45) is 3.23. The monoisotopic (exact) mass is 252 g/mol. The van der Waals surface area contributed by atoms with Crippen LogP contribution < -0.4 is 10.9 Å². The molecule has 0 aromatic carbocycles. The number of carboxylic acid groups (broad SMARTS) is 1. The molecule has 0 bridgehead atoms. The Bertz CT molecular complexity index is 461. The minimum atomic E-state index is -1.05. The second-order valence-electron chi connectivity index (χ2n) is 3.95. The summed E-state index contributed by atoms with van der Waals surface area (Å²) >= 11 is 0. The van der Waals surface area contributed by atoms with E-state index in [0.717, 1.165) is 12.8 Å². The van der Waals surface area contributed by atoms with E-state index < -0.39 is 17.9 Å². The van der Waals surface area contributed by atoms with Crippen molar-refractivity contribution in [2.75, 3.05) is 0 Å². The van der Waals surface area contributed by atoms with Crippen molar-refractivity contribution in [3.8, 4) is 0 Å². The summed E-state index contributed by atoms with van der Waals surface area (Å²) in [5, 5.41) is 11.4. The first-order chi connectivity index (χ1) is 8.54. The molecular weight excluding hydrogens is 236 g/mol. The Morgan fingerprint density at radius 2 is 2.17 bits per heavy atom. The Balaban J connectivity index is 2.68. The number of H-pyrrole nitrogens is 1. The largest absolute Gasteiger partial charge is 0.480 e. The number of carboxylic acids is 1. The summed E-state index contributed by atoms with van der Waals surface area (Å²) in [5.74, 6) is -1.56. The minimum absolute atomic E-state index is 0.234. The molecule has 6 nitrogen and oxygen atoms in total. The fourth-order valence-electron chi connectivity index (χ4n) is 1.46. The van der Waals surface area contributed by atoms with Gasteiger partial charge in [0.1, 0.15) is 6.04 Å². The van der Waals surface area contributed by atoms with Gasteiger partial charge in [0.2, 0.25) is 5.56 Å². The molecule has 0 saturated carbocycles. The van der Waals surface area contributed by atoms with Gasteiger partial charge in [0.25, 0.3) is 5.91 Å². The van der Waals surface area contributed by atoms with Crippen LogP contribution in [0.5, 0.6) is 0 Å². The van der Waals surface area contributed by atoms with Crippen LogP contribution in [0.25, 0.3) is 0 Å². The van der Waals surface area contributed by atoms with Crippen LogP contribution in [0.2, 0.25) is 0 Å². The molecule has 1 aromatic rings. The average molecular weight is 252 g/mol. The van der Waals surface area contributed by atoms with E-state index in [4.69, 9.17) is 5.11 Å². The zero-order valence-electron chi connectivity index (χ0n) is 10.1. The first-order valence-corrected chi connectivity index (χ1v) is 5.77. The molecule has 0 aliphatic rings. The molecule has 0 aliphatic carbocycles. The average Bonchev–Trinajstić information content (AvgIpc) is 2.34. The topological polar surface area (TPSA) is 99.3 Å². The van der Waals surface area contributed by atoms with E-state index >= 15 is 0 Å². The van der Waals surface area contributed by atoms with E-state index in [9.17, 15) is 14.4 Å². The van der Waals surface area contributed by atoms with Crippen molar-refractivity contribution in [1.29, 1.82) is 0 Å². The number of aliphatic carboxylic acids is 1. The van der Waals surface area contributed by atoms with Crippen LogP contribution >= 0.6 is 0 Å². The van der Waals surface area contributed by atoms with Crippen LogP contribution in [0.3, 0.4) is 0 Å². The Morgan fingerprint density at radius 3 is 2.67 bits per heavy atom. The van der Waals surface area contributed by atoms with Gasteiger partial charge >= 0.3 is 5.97 Å². The fourth-order valence-corrected chi connectivity index (χ4v) is 1.46. The van der Waals surface area contributed by atoms with Crippen LogP contribution in [0.4, 0.5) is 0 Å². The Kier molecular flexibility index (Phi) is 5.10. The number of carbonyl (C=O) groups is 2. The molecule has 1 rings (SSSR count). The lowest BCUT2D eigenvalue weighted by molar-refractivity contribution is -0.139. The highest BCUT2D eigenvalue weighted by atomic mass is 16.4. The molecule has 0 aliphatic heterocycles. The van der Waals surface area contributed by atoms with Crippen LogP contribution in [0, 0.1) is 0 Å². The van der Waals surface area contributed by atoms with Crippen molar-refractivity contribution >= 4 is 11.9 Å². The smallest absolute Gasteiger partial charge is 0.326 e. The maximum absolute atomic E-state index is 11.7. The Labute approximate surface area is 104 Å². The number of pyridine rings is 1. The summed E-state index contributed by atoms with van der Waals surface area (Å²) in [5.41, 5.74) is -0.0790. The van der Waals surface area contributed by atoms with Crippen molar-refractivity contribution in [1.82, 2.24) is 10.3 Å². The maximum Gasteiger partial charge on any atom is 0.326 e. The van der Waals surface area contributed by atoms with Gasteiger partial charge in [-0.3, -0.25) is 9.59 Å². The molecule has 0 fully saturated rings. The van der Waals surface area contributed by atoms with Crippen molar-refractivity contribution in [3.05, 3.63) is 34.2 Å². The second-order valence-corrected chi connectivity index (χ2v) is 3.95. The van der Waals surface area contributed by atoms with Crippen molar-refractivity contribution in [2.45, 2.75) is 32.2 Å². The SMILES string of the molecule is CCCC[C@H](NC(=O)c1ccc(=O)[nH]c1)C(=O)O. The molecule has 1 heterocycles. The van der Waals surface area contributed by atoms with Crippen molar-refractivity contribution in [3.63, 3.8) is 0 Å². The number of hydrogen-bond acceptors (Lipinski definition) is 3. The molecule has 1 aromatic heterocycles. The molecular formula is C12H16N2O4. The Hall–Kier alpha value is -2.11. The lowest BCUT2D eigenvalue weighted by atomic mass is 10.1. The molecule has 1 atom stereocenters. The van der Waals surface area contributed by atoms with Gasteiger partial charge in [0, 0.05) is 12.3 Å².